The molecule has 1 aromatic carbocycles. The van der Waals surface area contributed by atoms with E-state index in [0.717, 1.165) is 11.8 Å². The second-order valence-electron chi connectivity index (χ2n) is 3.43. The number of aldehydes is 1. The molecule has 4 nitrogen and oxygen atoms in total. The molecule has 17 heavy (non-hydrogen) atoms. The molecule has 0 saturated heterocycles. The fraction of sp³-hybridized carbons (Fsp3) is 0.250. The molecule has 0 saturated carbocycles. The number of rotatable bonds is 6. The van der Waals surface area contributed by atoms with Crippen molar-refractivity contribution < 1.29 is 9.21 Å². The summed E-state index contributed by atoms with van der Waals surface area (Å²) < 4.78 is 5.46. The molecule has 0 fully saturated rings. The third kappa shape index (κ3) is 3.71. The summed E-state index contributed by atoms with van der Waals surface area (Å²) in [5.41, 5.74) is 1.14. The van der Waals surface area contributed by atoms with E-state index in [9.17, 15) is 4.79 Å². The van der Waals surface area contributed by atoms with Gasteiger partial charge in [0.1, 0.15) is 6.29 Å². The number of aromatic nitrogens is 2. The van der Waals surface area contributed by atoms with Crippen LogP contribution in [0.25, 0.3) is 0 Å². The first-order valence-corrected chi connectivity index (χ1v) is 6.30. The van der Waals surface area contributed by atoms with Crippen molar-refractivity contribution in [3.05, 3.63) is 41.8 Å². The normalized spacial score (nSPS) is 10.4. The molecule has 0 spiro atoms. The molecule has 0 aliphatic rings. The Balaban J connectivity index is 1.92. The third-order valence-corrected chi connectivity index (χ3v) is 2.96. The summed E-state index contributed by atoms with van der Waals surface area (Å²) in [6.45, 7) is 0. The Kier molecular flexibility index (Phi) is 4.32. The van der Waals surface area contributed by atoms with Gasteiger partial charge in [0.05, 0.1) is 6.42 Å². The van der Waals surface area contributed by atoms with Gasteiger partial charge in [-0.05, 0) is 5.56 Å². The molecule has 0 atom stereocenters. The van der Waals surface area contributed by atoms with E-state index in [0.29, 0.717) is 29.7 Å². The van der Waals surface area contributed by atoms with Gasteiger partial charge >= 0.3 is 0 Å². The largest absolute Gasteiger partial charge is 0.416 e. The summed E-state index contributed by atoms with van der Waals surface area (Å²) in [6.07, 6.45) is 2.03. The topological polar surface area (TPSA) is 56.0 Å². The van der Waals surface area contributed by atoms with Gasteiger partial charge in [-0.3, -0.25) is 0 Å². The Bertz CT molecular complexity index is 470. The summed E-state index contributed by atoms with van der Waals surface area (Å²) in [5, 5.41) is 8.40. The smallest absolute Gasteiger partial charge is 0.276 e. The molecule has 0 N–H and O–H groups in total. The van der Waals surface area contributed by atoms with E-state index in [1.807, 2.05) is 30.3 Å². The number of carbonyl (C=O) groups excluding carboxylic acids is 1. The number of hydrogen-bond acceptors (Lipinski definition) is 5. The van der Waals surface area contributed by atoms with Crippen LogP contribution < -0.4 is 0 Å². The predicted octanol–water partition coefficient (Wildman–Crippen LogP) is 2.34. The van der Waals surface area contributed by atoms with E-state index in [4.69, 9.17) is 4.42 Å². The van der Waals surface area contributed by atoms with E-state index < -0.39 is 0 Å². The van der Waals surface area contributed by atoms with Crippen LogP contribution >= 0.6 is 11.8 Å². The van der Waals surface area contributed by atoms with E-state index in [-0.39, 0.29) is 0 Å². The monoisotopic (exact) mass is 248 g/mol. The second kappa shape index (κ2) is 6.20. The summed E-state index contributed by atoms with van der Waals surface area (Å²) in [5.74, 6) is 1.28. The number of carbonyl (C=O) groups is 1. The molecular weight excluding hydrogens is 236 g/mol. The van der Waals surface area contributed by atoms with E-state index in [1.165, 1.54) is 11.8 Å². The van der Waals surface area contributed by atoms with Gasteiger partial charge in [-0.15, -0.1) is 10.2 Å². The van der Waals surface area contributed by atoms with Crippen molar-refractivity contribution in [3.8, 4) is 0 Å². The van der Waals surface area contributed by atoms with Crippen molar-refractivity contribution in [2.45, 2.75) is 18.1 Å². The van der Waals surface area contributed by atoms with Crippen LogP contribution in [0.5, 0.6) is 0 Å². The molecule has 1 heterocycles. The van der Waals surface area contributed by atoms with Crippen LogP contribution in [0.15, 0.2) is 40.0 Å². The zero-order valence-corrected chi connectivity index (χ0v) is 10.0. The maximum absolute atomic E-state index is 10.2. The molecule has 0 aliphatic heterocycles. The summed E-state index contributed by atoms with van der Waals surface area (Å²) >= 11 is 1.40. The van der Waals surface area contributed by atoms with E-state index in [2.05, 4.69) is 10.2 Å². The SMILES string of the molecule is O=CCCSc1nnc(Cc2ccccc2)o1. The van der Waals surface area contributed by atoms with Gasteiger partial charge in [0.25, 0.3) is 5.22 Å². The van der Waals surface area contributed by atoms with Gasteiger partial charge in [0.15, 0.2) is 0 Å². The van der Waals surface area contributed by atoms with Crippen molar-refractivity contribution in [1.29, 1.82) is 0 Å². The molecule has 0 aliphatic carbocycles. The van der Waals surface area contributed by atoms with Gasteiger partial charge in [-0.2, -0.15) is 0 Å². The summed E-state index contributed by atoms with van der Waals surface area (Å²) in [4.78, 5) is 10.2. The van der Waals surface area contributed by atoms with E-state index >= 15 is 0 Å². The molecular formula is C12H12N2O2S. The van der Waals surface area contributed by atoms with Crippen LogP contribution in [0.4, 0.5) is 0 Å². The highest BCUT2D eigenvalue weighted by molar-refractivity contribution is 7.99. The highest BCUT2D eigenvalue weighted by Crippen LogP contribution is 2.17. The average molecular weight is 248 g/mol. The van der Waals surface area contributed by atoms with Crippen LogP contribution in [-0.2, 0) is 11.2 Å². The minimum absolute atomic E-state index is 0.501. The zero-order valence-electron chi connectivity index (χ0n) is 9.20. The Hall–Kier alpha value is -1.62. The van der Waals surface area contributed by atoms with Crippen molar-refractivity contribution >= 4 is 18.0 Å². The zero-order chi connectivity index (χ0) is 11.9. The maximum atomic E-state index is 10.2. The Morgan fingerprint density at radius 2 is 2.06 bits per heavy atom. The number of hydrogen-bond donors (Lipinski definition) is 0. The van der Waals surface area contributed by atoms with Gasteiger partial charge < -0.3 is 9.21 Å². The first-order valence-electron chi connectivity index (χ1n) is 5.31. The van der Waals surface area contributed by atoms with Crippen molar-refractivity contribution in [2.75, 3.05) is 5.75 Å². The Morgan fingerprint density at radius 1 is 1.24 bits per heavy atom. The van der Waals surface area contributed by atoms with Crippen molar-refractivity contribution in [3.63, 3.8) is 0 Å². The number of benzene rings is 1. The minimum Gasteiger partial charge on any atom is -0.416 e. The van der Waals surface area contributed by atoms with E-state index in [1.54, 1.807) is 0 Å². The fourth-order valence-corrected chi connectivity index (χ4v) is 1.98. The Morgan fingerprint density at radius 3 is 2.82 bits per heavy atom. The molecule has 2 rings (SSSR count). The highest BCUT2D eigenvalue weighted by Gasteiger charge is 2.06. The molecule has 1 aromatic heterocycles. The number of thioether (sulfide) groups is 1. The lowest BCUT2D eigenvalue weighted by Gasteiger charge is -1.94. The minimum atomic E-state index is 0.501. The fourth-order valence-electron chi connectivity index (χ4n) is 1.33. The molecule has 0 unspecified atom stereocenters. The molecule has 2 aromatic rings. The quantitative estimate of drug-likeness (QED) is 0.446. The maximum Gasteiger partial charge on any atom is 0.276 e. The summed E-state index contributed by atoms with van der Waals surface area (Å²) in [6, 6.07) is 9.96. The lowest BCUT2D eigenvalue weighted by atomic mass is 10.2. The van der Waals surface area contributed by atoms with Gasteiger partial charge in [0.2, 0.25) is 5.89 Å². The van der Waals surface area contributed by atoms with Crippen LogP contribution in [0.2, 0.25) is 0 Å². The molecule has 0 radical (unpaired) electrons. The van der Waals surface area contributed by atoms with Gasteiger partial charge in [-0.1, -0.05) is 42.1 Å². The lowest BCUT2D eigenvalue weighted by Crippen LogP contribution is -1.87. The first-order chi connectivity index (χ1) is 8.38. The van der Waals surface area contributed by atoms with Crippen LogP contribution in [0.3, 0.4) is 0 Å². The lowest BCUT2D eigenvalue weighted by molar-refractivity contribution is -0.107. The second-order valence-corrected chi connectivity index (χ2v) is 4.47. The molecule has 0 amide bonds. The summed E-state index contributed by atoms with van der Waals surface area (Å²) in [7, 11) is 0. The Labute approximate surface area is 103 Å². The highest BCUT2D eigenvalue weighted by atomic mass is 32.2. The molecule has 0 bridgehead atoms. The predicted molar refractivity (Wildman–Crippen MR) is 65.0 cm³/mol. The standard InChI is InChI=1S/C12H12N2O2S/c15-7-4-8-17-12-14-13-11(16-12)9-10-5-2-1-3-6-10/h1-3,5-7H,4,8-9H2. The number of nitrogens with zero attached hydrogens (tertiary/aromatic N) is 2. The molecule has 5 heteroatoms. The van der Waals surface area contributed by atoms with Crippen LogP contribution in [-0.4, -0.2) is 22.2 Å². The van der Waals surface area contributed by atoms with Gasteiger partial charge in [-0.25, -0.2) is 0 Å². The van der Waals surface area contributed by atoms with Gasteiger partial charge in [0, 0.05) is 12.2 Å². The average Bonchev–Trinajstić information content (AvgIpc) is 2.79. The van der Waals surface area contributed by atoms with Crippen molar-refractivity contribution in [1.82, 2.24) is 10.2 Å². The first kappa shape index (κ1) is 11.9. The van der Waals surface area contributed by atoms with Crippen LogP contribution in [0.1, 0.15) is 17.9 Å². The van der Waals surface area contributed by atoms with Crippen molar-refractivity contribution in [2.24, 2.45) is 0 Å². The van der Waals surface area contributed by atoms with Crippen LogP contribution in [0, 0.1) is 0 Å². The third-order valence-electron chi connectivity index (χ3n) is 2.11. The molecule has 88 valence electrons.